The van der Waals surface area contributed by atoms with Gasteiger partial charge in [-0.3, -0.25) is 9.59 Å². The Kier molecular flexibility index (Phi) is 5.51. The number of imide groups is 1. The van der Waals surface area contributed by atoms with E-state index in [9.17, 15) is 9.59 Å². The topological polar surface area (TPSA) is 63.9 Å². The van der Waals surface area contributed by atoms with E-state index >= 15 is 0 Å². The number of ether oxygens (including phenoxy) is 1. The summed E-state index contributed by atoms with van der Waals surface area (Å²) in [4.78, 5) is 25.9. The van der Waals surface area contributed by atoms with E-state index in [4.69, 9.17) is 4.74 Å². The van der Waals surface area contributed by atoms with Gasteiger partial charge in [0.1, 0.15) is 12.4 Å². The second-order valence-electron chi connectivity index (χ2n) is 10.8. The molecule has 1 aromatic heterocycles. The molecule has 6 nitrogen and oxygen atoms in total. The molecule has 0 radical (unpaired) electrons. The van der Waals surface area contributed by atoms with Gasteiger partial charge in [0, 0.05) is 22.6 Å². The van der Waals surface area contributed by atoms with Gasteiger partial charge in [0.2, 0.25) is 0 Å². The number of fused-ring (bicyclic) bond motifs is 6. The molecule has 2 heterocycles. The van der Waals surface area contributed by atoms with E-state index in [-0.39, 0.29) is 35.5 Å². The summed E-state index contributed by atoms with van der Waals surface area (Å²) in [5.74, 6) is 0.367. The normalized spacial score (nSPS) is 23.5. The first-order valence-electron chi connectivity index (χ1n) is 13.5. The Labute approximate surface area is 227 Å². The van der Waals surface area contributed by atoms with Gasteiger partial charge < -0.3 is 9.30 Å². The van der Waals surface area contributed by atoms with Gasteiger partial charge in [-0.15, -0.1) is 0 Å². The van der Waals surface area contributed by atoms with E-state index < -0.39 is 0 Å². The van der Waals surface area contributed by atoms with Crippen molar-refractivity contribution in [3.8, 4) is 11.4 Å². The molecular formula is C33H29N3O3. The second-order valence-corrected chi connectivity index (χ2v) is 10.8. The van der Waals surface area contributed by atoms with E-state index in [1.807, 2.05) is 56.3 Å². The lowest BCUT2D eigenvalue weighted by molar-refractivity contribution is -0.140. The van der Waals surface area contributed by atoms with Crippen molar-refractivity contribution in [1.82, 2.24) is 9.58 Å². The van der Waals surface area contributed by atoms with Crippen LogP contribution in [-0.4, -0.2) is 27.6 Å². The van der Waals surface area contributed by atoms with Crippen molar-refractivity contribution in [3.63, 3.8) is 0 Å². The first-order valence-corrected chi connectivity index (χ1v) is 13.5. The molecule has 2 bridgehead atoms. The van der Waals surface area contributed by atoms with Gasteiger partial charge in [0.15, 0.2) is 0 Å². The van der Waals surface area contributed by atoms with Crippen LogP contribution in [0.25, 0.3) is 16.5 Å². The number of hydrogen-bond donors (Lipinski definition) is 0. The first-order chi connectivity index (χ1) is 19.0. The molecule has 4 atom stereocenters. The van der Waals surface area contributed by atoms with Gasteiger partial charge >= 0.3 is 0 Å². The zero-order valence-electron chi connectivity index (χ0n) is 22.0. The lowest BCUT2D eigenvalue weighted by Gasteiger charge is -2.13. The summed E-state index contributed by atoms with van der Waals surface area (Å²) in [6.07, 6.45) is 6.75. The number of hydrogen-bond acceptors (Lipinski definition) is 4. The number of hydrazone groups is 1. The third kappa shape index (κ3) is 3.82. The van der Waals surface area contributed by atoms with Crippen molar-refractivity contribution in [2.24, 2.45) is 28.8 Å². The lowest BCUT2D eigenvalue weighted by Crippen LogP contribution is -2.28. The van der Waals surface area contributed by atoms with Crippen LogP contribution in [0.2, 0.25) is 0 Å². The highest BCUT2D eigenvalue weighted by Gasteiger charge is 2.59. The first kappa shape index (κ1) is 23.7. The SMILES string of the molecule is Cc1cc(C=NN2C(=O)[C@@H]3[C@H](C2=O)[C@H]2C=C[C@H]3C2)c(C)n1-c1ccc(OCc2cccc3ccccc23)cc1. The average molecular weight is 516 g/mol. The molecule has 194 valence electrons. The van der Waals surface area contributed by atoms with E-state index in [1.54, 1.807) is 6.21 Å². The van der Waals surface area contributed by atoms with Gasteiger partial charge in [-0.2, -0.15) is 10.1 Å². The predicted molar refractivity (Wildman–Crippen MR) is 151 cm³/mol. The Bertz CT molecular complexity index is 1650. The molecule has 2 amide bonds. The largest absolute Gasteiger partial charge is 0.489 e. The van der Waals surface area contributed by atoms with E-state index in [0.717, 1.165) is 45.4 Å². The third-order valence-electron chi connectivity index (χ3n) is 8.60. The average Bonchev–Trinajstić information content (AvgIpc) is 3.70. The molecule has 1 aliphatic heterocycles. The molecule has 1 saturated heterocycles. The maximum atomic E-state index is 13.0. The van der Waals surface area contributed by atoms with Crippen LogP contribution < -0.4 is 4.74 Å². The number of allylic oxidation sites excluding steroid dienone is 2. The fraction of sp³-hybridized carbons (Fsp3) is 0.242. The van der Waals surface area contributed by atoms with Gasteiger partial charge in [-0.1, -0.05) is 54.6 Å². The number of aryl methyl sites for hydroxylation is 1. The van der Waals surface area contributed by atoms with Crippen LogP contribution in [0.1, 0.15) is 28.9 Å². The molecule has 4 aromatic rings. The van der Waals surface area contributed by atoms with Crippen molar-refractivity contribution in [2.75, 3.05) is 0 Å². The zero-order valence-corrected chi connectivity index (χ0v) is 22.0. The van der Waals surface area contributed by atoms with Crippen LogP contribution in [0, 0.1) is 37.5 Å². The standard InChI is InChI=1S/C33H29N3O3/c1-20-16-26(18-34-36-32(37)30-23-10-11-24(17-23)31(30)33(36)38)21(2)35(20)27-12-14-28(15-13-27)39-19-25-8-5-7-22-6-3-4-9-29(22)25/h3-16,18,23-24,30-31H,17,19H2,1-2H3/t23-,24-,30-,31+/m0/s1. The lowest BCUT2D eigenvalue weighted by atomic mass is 9.85. The summed E-state index contributed by atoms with van der Waals surface area (Å²) in [5.41, 5.74) is 5.06. The Balaban J connectivity index is 1.07. The van der Waals surface area contributed by atoms with Crippen LogP contribution in [0.15, 0.2) is 90.0 Å². The molecule has 39 heavy (non-hydrogen) atoms. The van der Waals surface area contributed by atoms with Gasteiger partial charge in [-0.25, -0.2) is 0 Å². The highest BCUT2D eigenvalue weighted by molar-refractivity contribution is 6.06. The molecule has 0 N–H and O–H groups in total. The molecule has 6 heteroatoms. The quantitative estimate of drug-likeness (QED) is 0.181. The number of carbonyl (C=O) groups is 2. The minimum Gasteiger partial charge on any atom is -0.489 e. The van der Waals surface area contributed by atoms with Crippen molar-refractivity contribution in [1.29, 1.82) is 0 Å². The summed E-state index contributed by atoms with van der Waals surface area (Å²) < 4.78 is 8.26. The van der Waals surface area contributed by atoms with Crippen LogP contribution in [-0.2, 0) is 16.2 Å². The molecule has 3 aromatic carbocycles. The fourth-order valence-electron chi connectivity index (χ4n) is 6.71. The number of aromatic nitrogens is 1. The molecule has 0 unspecified atom stereocenters. The van der Waals surface area contributed by atoms with E-state index in [0.29, 0.717) is 6.61 Å². The molecule has 1 saturated carbocycles. The summed E-state index contributed by atoms with van der Waals surface area (Å²) in [6.45, 7) is 4.55. The van der Waals surface area contributed by atoms with Crippen LogP contribution in [0.5, 0.6) is 5.75 Å². The van der Waals surface area contributed by atoms with E-state index in [1.165, 1.54) is 10.8 Å². The van der Waals surface area contributed by atoms with Gasteiger partial charge in [0.25, 0.3) is 11.8 Å². The Morgan fingerprint density at radius 3 is 2.33 bits per heavy atom. The summed E-state index contributed by atoms with van der Waals surface area (Å²) in [6, 6.07) is 24.7. The maximum Gasteiger partial charge on any atom is 0.254 e. The Morgan fingerprint density at radius 2 is 1.59 bits per heavy atom. The van der Waals surface area contributed by atoms with Crippen molar-refractivity contribution in [2.45, 2.75) is 26.9 Å². The minimum atomic E-state index is -0.238. The molecule has 2 fully saturated rings. The van der Waals surface area contributed by atoms with E-state index in [2.05, 4.69) is 52.2 Å². The smallest absolute Gasteiger partial charge is 0.254 e. The van der Waals surface area contributed by atoms with Gasteiger partial charge in [0.05, 0.1) is 18.1 Å². The highest BCUT2D eigenvalue weighted by atomic mass is 16.5. The molecule has 0 spiro atoms. The third-order valence-corrected chi connectivity index (χ3v) is 8.60. The number of rotatable bonds is 6. The molecular weight excluding hydrogens is 486 g/mol. The summed E-state index contributed by atoms with van der Waals surface area (Å²) in [7, 11) is 0. The Hall–Kier alpha value is -4.45. The second kappa shape index (κ2) is 9.09. The molecule has 7 rings (SSSR count). The Morgan fingerprint density at radius 1 is 0.897 bits per heavy atom. The van der Waals surface area contributed by atoms with Crippen LogP contribution in [0.3, 0.4) is 0 Å². The highest BCUT2D eigenvalue weighted by Crippen LogP contribution is 2.52. The zero-order chi connectivity index (χ0) is 26.7. The summed E-state index contributed by atoms with van der Waals surface area (Å²) >= 11 is 0. The van der Waals surface area contributed by atoms with Crippen molar-refractivity contribution < 1.29 is 14.3 Å². The van der Waals surface area contributed by atoms with Crippen molar-refractivity contribution in [3.05, 3.63) is 107 Å². The van der Waals surface area contributed by atoms with Crippen LogP contribution in [0.4, 0.5) is 0 Å². The number of carbonyl (C=O) groups excluding carboxylic acids is 2. The van der Waals surface area contributed by atoms with Crippen LogP contribution >= 0.6 is 0 Å². The number of nitrogens with zero attached hydrogens (tertiary/aromatic N) is 3. The number of amides is 2. The number of benzene rings is 3. The molecule has 2 aliphatic carbocycles. The fourth-order valence-corrected chi connectivity index (χ4v) is 6.71. The van der Waals surface area contributed by atoms with Crippen molar-refractivity contribution >= 4 is 28.8 Å². The molecule has 3 aliphatic rings. The summed E-state index contributed by atoms with van der Waals surface area (Å²) in [5, 5.41) is 7.90. The maximum absolute atomic E-state index is 13.0. The minimum absolute atomic E-state index is 0.161. The van der Waals surface area contributed by atoms with Gasteiger partial charge in [-0.05, 0) is 78.8 Å². The predicted octanol–water partition coefficient (Wildman–Crippen LogP) is 5.97. The monoisotopic (exact) mass is 515 g/mol.